The van der Waals surface area contributed by atoms with Crippen molar-refractivity contribution in [2.24, 2.45) is 5.92 Å². The molecule has 1 rings (SSSR count). The number of nitrogens with one attached hydrogen (secondary N) is 2. The predicted octanol–water partition coefficient (Wildman–Crippen LogP) is 2.54. The predicted molar refractivity (Wildman–Crippen MR) is 98.2 cm³/mol. The first kappa shape index (κ1) is 20.5. The number of allylic oxidation sites excluding steroid dienone is 1. The van der Waals surface area contributed by atoms with Gasteiger partial charge in [-0.3, -0.25) is 0 Å². The molecule has 1 heterocycles. The first-order valence-corrected chi connectivity index (χ1v) is 7.73. The molecule has 2 N–H and O–H groups in total. The van der Waals surface area contributed by atoms with Crippen molar-refractivity contribution in [3.63, 3.8) is 0 Å². The third kappa shape index (κ3) is 10.3. The number of hydrogen-bond donors (Lipinski definition) is 2. The van der Waals surface area contributed by atoms with E-state index in [9.17, 15) is 0 Å². The Morgan fingerprint density at radius 1 is 0.818 bits per heavy atom. The lowest BCUT2D eigenvalue weighted by atomic mass is 10.0. The van der Waals surface area contributed by atoms with E-state index in [1.807, 2.05) is 30.4 Å². The van der Waals surface area contributed by atoms with Crippen LogP contribution in [0.5, 0.6) is 0 Å². The van der Waals surface area contributed by atoms with Gasteiger partial charge in [0.2, 0.25) is 0 Å². The second kappa shape index (κ2) is 14.5. The Balaban J connectivity index is 0.000000534. The largest absolute Gasteiger partial charge is 0.310 e. The highest BCUT2D eigenvalue weighted by molar-refractivity contribution is 4.84. The molecule has 1 aliphatic heterocycles. The summed E-state index contributed by atoms with van der Waals surface area (Å²) in [5, 5.41) is 7.40. The van der Waals surface area contributed by atoms with Crippen LogP contribution >= 0.6 is 0 Å². The van der Waals surface area contributed by atoms with Crippen LogP contribution < -0.4 is 10.9 Å². The molecule has 4 nitrogen and oxygen atoms in total. The van der Waals surface area contributed by atoms with E-state index >= 15 is 0 Å². The van der Waals surface area contributed by atoms with Crippen LogP contribution in [-0.2, 0) is 0 Å². The topological polar surface area (TPSA) is 30.5 Å². The van der Waals surface area contributed by atoms with Gasteiger partial charge in [0.1, 0.15) is 0 Å². The van der Waals surface area contributed by atoms with E-state index in [1.54, 1.807) is 0 Å². The van der Waals surface area contributed by atoms with Crippen molar-refractivity contribution in [3.05, 3.63) is 63.3 Å². The van der Waals surface area contributed by atoms with Crippen molar-refractivity contribution in [2.45, 2.75) is 6.42 Å². The molecule has 0 radical (unpaired) electrons. The van der Waals surface area contributed by atoms with Crippen molar-refractivity contribution in [3.8, 4) is 0 Å². The van der Waals surface area contributed by atoms with Crippen molar-refractivity contribution in [1.82, 2.24) is 20.9 Å². The normalized spacial score (nSPS) is 16.2. The van der Waals surface area contributed by atoms with Gasteiger partial charge < -0.3 is 5.32 Å². The van der Waals surface area contributed by atoms with Gasteiger partial charge in [0.15, 0.2) is 0 Å². The van der Waals surface area contributed by atoms with Crippen LogP contribution in [0.15, 0.2) is 63.3 Å². The van der Waals surface area contributed by atoms with Gasteiger partial charge in [-0.15, -0.1) is 32.9 Å². The van der Waals surface area contributed by atoms with E-state index in [0.717, 1.165) is 45.7 Å². The smallest absolute Gasteiger partial charge is 0.0322 e. The fourth-order valence-electron chi connectivity index (χ4n) is 2.18. The van der Waals surface area contributed by atoms with Gasteiger partial charge in [0.05, 0.1) is 0 Å². The quantitative estimate of drug-likeness (QED) is 0.480. The first-order chi connectivity index (χ1) is 10.7. The molecule has 0 aromatic rings. The number of nitrogens with zero attached hydrogens (tertiary/aromatic N) is 2. The van der Waals surface area contributed by atoms with Crippen molar-refractivity contribution >= 4 is 0 Å². The zero-order valence-electron chi connectivity index (χ0n) is 13.8. The van der Waals surface area contributed by atoms with Crippen molar-refractivity contribution in [1.29, 1.82) is 0 Å². The Morgan fingerprint density at radius 3 is 1.68 bits per heavy atom. The average molecular weight is 304 g/mol. The molecule has 0 bridgehead atoms. The van der Waals surface area contributed by atoms with E-state index in [-0.39, 0.29) is 0 Å². The van der Waals surface area contributed by atoms with Crippen LogP contribution in [0, 0.1) is 5.92 Å². The maximum atomic E-state index is 3.80. The van der Waals surface area contributed by atoms with Crippen LogP contribution in [0.4, 0.5) is 0 Å². The molecule has 0 unspecified atom stereocenters. The third-order valence-electron chi connectivity index (χ3n) is 3.02. The maximum Gasteiger partial charge on any atom is 0.0322 e. The van der Waals surface area contributed by atoms with Gasteiger partial charge in [0, 0.05) is 39.3 Å². The highest BCUT2D eigenvalue weighted by atomic mass is 15.8. The molecule has 22 heavy (non-hydrogen) atoms. The molecule has 1 fully saturated rings. The molecule has 0 atom stereocenters. The number of hydrazine groups is 2. The lowest BCUT2D eigenvalue weighted by molar-refractivity contribution is -0.0283. The molecule has 1 aliphatic rings. The summed E-state index contributed by atoms with van der Waals surface area (Å²) in [4.78, 5) is 0. The summed E-state index contributed by atoms with van der Waals surface area (Å²) in [7, 11) is 0. The lowest BCUT2D eigenvalue weighted by Gasteiger charge is -2.39. The van der Waals surface area contributed by atoms with E-state index < -0.39 is 0 Å². The van der Waals surface area contributed by atoms with E-state index in [4.69, 9.17) is 0 Å². The lowest BCUT2D eigenvalue weighted by Crippen LogP contribution is -2.58. The molecule has 1 saturated heterocycles. The Kier molecular flexibility index (Phi) is 13.5. The first-order valence-electron chi connectivity index (χ1n) is 7.73. The minimum atomic E-state index is 0.642. The zero-order valence-corrected chi connectivity index (χ0v) is 13.8. The fourth-order valence-corrected chi connectivity index (χ4v) is 2.18. The molecule has 0 aromatic heterocycles. The van der Waals surface area contributed by atoms with Gasteiger partial charge in [-0.1, -0.05) is 30.4 Å². The molecule has 0 aromatic carbocycles. The molecule has 0 spiro atoms. The standard InChI is InChI=1S/C12H21N3.C6H11N/c1-4-7-12-10-14(8-5-2)13-15(11-12)9-6-3;1-3-5-7-6-4-2/h4-6,12-13H,1-3,7-11H2;3-4,7H,1-2,5-6H2. The van der Waals surface area contributed by atoms with Gasteiger partial charge in [-0.05, 0) is 12.3 Å². The average Bonchev–Trinajstić information content (AvgIpc) is 2.49. The SMILES string of the molecule is C=CCC1CN(CC=C)NN(CC=C)C1.C=CCNCC=C. The second-order valence-electron chi connectivity index (χ2n) is 5.11. The van der Waals surface area contributed by atoms with E-state index in [2.05, 4.69) is 53.8 Å². The Bertz CT molecular complexity index is 286. The van der Waals surface area contributed by atoms with Gasteiger partial charge in [-0.2, -0.15) is 5.53 Å². The zero-order chi connectivity index (χ0) is 16.6. The van der Waals surface area contributed by atoms with Crippen LogP contribution in [0.3, 0.4) is 0 Å². The Hall–Kier alpha value is -1.46. The monoisotopic (exact) mass is 304 g/mol. The maximum absolute atomic E-state index is 3.80. The van der Waals surface area contributed by atoms with Crippen LogP contribution in [0.1, 0.15) is 6.42 Å². The van der Waals surface area contributed by atoms with Crippen molar-refractivity contribution in [2.75, 3.05) is 39.3 Å². The minimum absolute atomic E-state index is 0.642. The summed E-state index contributed by atoms with van der Waals surface area (Å²) >= 11 is 0. The highest BCUT2D eigenvalue weighted by Crippen LogP contribution is 2.12. The Morgan fingerprint density at radius 2 is 1.32 bits per heavy atom. The van der Waals surface area contributed by atoms with E-state index in [0.29, 0.717) is 5.92 Å². The fraction of sp³-hybridized carbons (Fsp3) is 0.444. The molecule has 0 amide bonds. The summed E-state index contributed by atoms with van der Waals surface area (Å²) in [5.41, 5.74) is 3.33. The van der Waals surface area contributed by atoms with Gasteiger partial charge in [0.25, 0.3) is 0 Å². The molecule has 0 aliphatic carbocycles. The van der Waals surface area contributed by atoms with E-state index in [1.165, 1.54) is 0 Å². The Labute approximate surface area is 136 Å². The summed E-state index contributed by atoms with van der Waals surface area (Å²) in [6.07, 6.45) is 10.5. The molecule has 0 saturated carbocycles. The van der Waals surface area contributed by atoms with Crippen molar-refractivity contribution < 1.29 is 0 Å². The second-order valence-corrected chi connectivity index (χ2v) is 5.11. The van der Waals surface area contributed by atoms with Crippen LogP contribution in [-0.4, -0.2) is 49.3 Å². The highest BCUT2D eigenvalue weighted by Gasteiger charge is 2.22. The summed E-state index contributed by atoms with van der Waals surface area (Å²) in [5.74, 6) is 0.642. The third-order valence-corrected chi connectivity index (χ3v) is 3.02. The summed E-state index contributed by atoms with van der Waals surface area (Å²) in [6, 6.07) is 0. The molecule has 4 heteroatoms. The summed E-state index contributed by atoms with van der Waals surface area (Å²) < 4.78 is 0. The molecular weight excluding hydrogens is 272 g/mol. The minimum Gasteiger partial charge on any atom is -0.310 e. The van der Waals surface area contributed by atoms with Crippen LogP contribution in [0.25, 0.3) is 0 Å². The van der Waals surface area contributed by atoms with Crippen LogP contribution in [0.2, 0.25) is 0 Å². The number of hydrogen-bond acceptors (Lipinski definition) is 4. The number of rotatable bonds is 10. The molecule has 124 valence electrons. The van der Waals surface area contributed by atoms with Gasteiger partial charge in [-0.25, -0.2) is 10.0 Å². The van der Waals surface area contributed by atoms with Gasteiger partial charge >= 0.3 is 0 Å². The summed E-state index contributed by atoms with van der Waals surface area (Å²) in [6.45, 7) is 23.9. The molecular formula is C18H32N4.